The van der Waals surface area contributed by atoms with Gasteiger partial charge in [-0.1, -0.05) is 30.3 Å². The maximum absolute atomic E-state index is 4.17. The Hall–Kier alpha value is -1.33. The third-order valence-corrected chi connectivity index (χ3v) is 4.47. The minimum absolute atomic E-state index is 0.418. The quantitative estimate of drug-likeness (QED) is 0.795. The molecule has 2 aromatic rings. The average Bonchev–Trinajstić information content (AvgIpc) is 2.83. The molecule has 0 fully saturated rings. The molecule has 1 aromatic carbocycles. The molecule has 0 spiro atoms. The molecule has 0 saturated carbocycles. The van der Waals surface area contributed by atoms with E-state index < -0.39 is 0 Å². The summed E-state index contributed by atoms with van der Waals surface area (Å²) in [5.74, 6) is 1.04. The van der Waals surface area contributed by atoms with Crippen LogP contribution in [0, 0.1) is 6.92 Å². The minimum atomic E-state index is 0.418. The molecule has 5 heteroatoms. The maximum Gasteiger partial charge on any atom is 0.0842 e. The zero-order chi connectivity index (χ0) is 14.4. The van der Waals surface area contributed by atoms with Crippen molar-refractivity contribution in [2.24, 2.45) is 7.05 Å². The summed E-state index contributed by atoms with van der Waals surface area (Å²) in [6.07, 6.45) is 2.91. The molecular weight excluding hydrogens is 268 g/mol. The van der Waals surface area contributed by atoms with Crippen molar-refractivity contribution >= 4 is 11.8 Å². The molecule has 1 atom stereocenters. The number of rotatable bonds is 7. The Labute approximate surface area is 125 Å². The van der Waals surface area contributed by atoms with E-state index in [1.807, 2.05) is 25.0 Å². The van der Waals surface area contributed by atoms with E-state index in [1.54, 1.807) is 4.68 Å². The summed E-state index contributed by atoms with van der Waals surface area (Å²) in [4.78, 5) is 1.36. The van der Waals surface area contributed by atoms with Crippen molar-refractivity contribution < 1.29 is 0 Å². The van der Waals surface area contributed by atoms with Crippen molar-refractivity contribution in [1.82, 2.24) is 20.3 Å². The van der Waals surface area contributed by atoms with Crippen LogP contribution in [0.1, 0.15) is 18.2 Å². The van der Waals surface area contributed by atoms with Gasteiger partial charge >= 0.3 is 0 Å². The summed E-state index contributed by atoms with van der Waals surface area (Å²) < 4.78 is 1.76. The fourth-order valence-electron chi connectivity index (χ4n) is 2.13. The molecule has 0 amide bonds. The number of thioether (sulfide) groups is 1. The first-order valence-corrected chi connectivity index (χ1v) is 7.94. The zero-order valence-corrected chi connectivity index (χ0v) is 13.2. The van der Waals surface area contributed by atoms with Crippen LogP contribution in [0.25, 0.3) is 0 Å². The Morgan fingerprint density at radius 1 is 1.35 bits per heavy atom. The van der Waals surface area contributed by atoms with Gasteiger partial charge in [-0.2, -0.15) is 0 Å². The third kappa shape index (κ3) is 4.35. The van der Waals surface area contributed by atoms with Gasteiger partial charge in [0.1, 0.15) is 0 Å². The fourth-order valence-corrected chi connectivity index (χ4v) is 3.22. The van der Waals surface area contributed by atoms with Crippen molar-refractivity contribution in [3.63, 3.8) is 0 Å². The van der Waals surface area contributed by atoms with Gasteiger partial charge in [0.05, 0.1) is 5.69 Å². The number of hydrogen-bond donors (Lipinski definition) is 1. The van der Waals surface area contributed by atoms with Crippen LogP contribution in [-0.2, 0) is 13.5 Å². The van der Waals surface area contributed by atoms with Crippen LogP contribution in [0.15, 0.2) is 35.4 Å². The lowest BCUT2D eigenvalue weighted by Gasteiger charge is -2.16. The number of hydrogen-bond acceptors (Lipinski definition) is 4. The number of nitrogens with zero attached hydrogens (tertiary/aromatic N) is 3. The topological polar surface area (TPSA) is 42.7 Å². The molecule has 0 aliphatic carbocycles. The predicted octanol–water partition coefficient (Wildman–Crippen LogP) is 2.44. The van der Waals surface area contributed by atoms with Crippen molar-refractivity contribution in [2.75, 3.05) is 12.3 Å². The second kappa shape index (κ2) is 7.45. The summed E-state index contributed by atoms with van der Waals surface area (Å²) in [7, 11) is 1.90. The summed E-state index contributed by atoms with van der Waals surface area (Å²) in [6.45, 7) is 5.27. The fraction of sp³-hybridized carbons (Fsp3) is 0.467. The molecule has 0 aliphatic heterocycles. The molecule has 0 saturated heterocycles. The normalized spacial score (nSPS) is 12.6. The van der Waals surface area contributed by atoms with E-state index in [0.29, 0.717) is 6.04 Å². The molecule has 0 bridgehead atoms. The van der Waals surface area contributed by atoms with E-state index in [1.165, 1.54) is 10.5 Å². The van der Waals surface area contributed by atoms with Gasteiger partial charge in [0, 0.05) is 36.4 Å². The van der Waals surface area contributed by atoms with Crippen LogP contribution in [-0.4, -0.2) is 33.3 Å². The lowest BCUT2D eigenvalue weighted by atomic mass is 10.2. The molecular formula is C15H22N4S. The van der Waals surface area contributed by atoms with Crippen molar-refractivity contribution in [3.8, 4) is 0 Å². The molecule has 1 N–H and O–H groups in total. The van der Waals surface area contributed by atoms with E-state index in [4.69, 9.17) is 0 Å². The maximum atomic E-state index is 4.17. The number of likely N-dealkylation sites (N-methyl/N-ethyl adjacent to an activating group) is 1. The van der Waals surface area contributed by atoms with Crippen molar-refractivity contribution in [2.45, 2.75) is 31.2 Å². The molecule has 108 valence electrons. The lowest BCUT2D eigenvalue weighted by Crippen LogP contribution is -2.33. The standard InChI is InChI=1S/C15H22N4S/c1-4-16-14(9-13-10-19(3)18-17-13)11-20-15-8-6-5-7-12(15)2/h5-8,10,14,16H,4,9,11H2,1-3H3. The number of aromatic nitrogens is 3. The second-order valence-electron chi connectivity index (χ2n) is 4.92. The highest BCUT2D eigenvalue weighted by molar-refractivity contribution is 7.99. The Bertz CT molecular complexity index is 538. The van der Waals surface area contributed by atoms with E-state index in [-0.39, 0.29) is 0 Å². The second-order valence-corrected chi connectivity index (χ2v) is 5.98. The van der Waals surface area contributed by atoms with Crippen LogP contribution < -0.4 is 5.32 Å². The Balaban J connectivity index is 1.94. The zero-order valence-electron chi connectivity index (χ0n) is 12.3. The summed E-state index contributed by atoms with van der Waals surface area (Å²) in [5.41, 5.74) is 2.39. The SMILES string of the molecule is CCNC(CSc1ccccc1C)Cc1cn(C)nn1. The smallest absolute Gasteiger partial charge is 0.0842 e. The molecule has 2 rings (SSSR count). The largest absolute Gasteiger partial charge is 0.313 e. The third-order valence-electron chi connectivity index (χ3n) is 3.13. The first-order valence-electron chi connectivity index (χ1n) is 6.96. The van der Waals surface area contributed by atoms with Gasteiger partial charge in [-0.15, -0.1) is 16.9 Å². The van der Waals surface area contributed by atoms with Gasteiger partial charge in [-0.25, -0.2) is 0 Å². The van der Waals surface area contributed by atoms with Gasteiger partial charge in [-0.3, -0.25) is 4.68 Å². The van der Waals surface area contributed by atoms with E-state index >= 15 is 0 Å². The highest BCUT2D eigenvalue weighted by Gasteiger charge is 2.12. The van der Waals surface area contributed by atoms with Crippen molar-refractivity contribution in [3.05, 3.63) is 41.7 Å². The van der Waals surface area contributed by atoms with Gasteiger partial charge in [0.25, 0.3) is 0 Å². The molecule has 0 radical (unpaired) electrons. The van der Waals surface area contributed by atoms with Crippen LogP contribution in [0.2, 0.25) is 0 Å². The number of benzene rings is 1. The molecule has 0 aliphatic rings. The van der Waals surface area contributed by atoms with Gasteiger partial charge in [0.2, 0.25) is 0 Å². The monoisotopic (exact) mass is 290 g/mol. The highest BCUT2D eigenvalue weighted by Crippen LogP contribution is 2.23. The van der Waals surface area contributed by atoms with Gasteiger partial charge < -0.3 is 5.32 Å². The van der Waals surface area contributed by atoms with Crippen LogP contribution >= 0.6 is 11.8 Å². The Kier molecular flexibility index (Phi) is 5.61. The Morgan fingerprint density at radius 3 is 2.80 bits per heavy atom. The Morgan fingerprint density at radius 2 is 2.15 bits per heavy atom. The van der Waals surface area contributed by atoms with Gasteiger partial charge in [0.15, 0.2) is 0 Å². The van der Waals surface area contributed by atoms with E-state index in [9.17, 15) is 0 Å². The molecule has 1 aromatic heterocycles. The van der Waals surface area contributed by atoms with Crippen LogP contribution in [0.4, 0.5) is 0 Å². The first kappa shape index (κ1) is 15.1. The summed E-state index contributed by atoms with van der Waals surface area (Å²) in [5, 5.41) is 11.7. The predicted molar refractivity (Wildman–Crippen MR) is 84.1 cm³/mol. The van der Waals surface area contributed by atoms with E-state index in [0.717, 1.165) is 24.4 Å². The minimum Gasteiger partial charge on any atom is -0.313 e. The van der Waals surface area contributed by atoms with Crippen molar-refractivity contribution in [1.29, 1.82) is 0 Å². The first-order chi connectivity index (χ1) is 9.69. The van der Waals surface area contributed by atoms with Gasteiger partial charge in [-0.05, 0) is 25.1 Å². The number of nitrogens with one attached hydrogen (secondary N) is 1. The van der Waals surface area contributed by atoms with E-state index in [2.05, 4.69) is 53.7 Å². The van der Waals surface area contributed by atoms with Crippen LogP contribution in [0.3, 0.4) is 0 Å². The number of aryl methyl sites for hydroxylation is 2. The molecule has 20 heavy (non-hydrogen) atoms. The van der Waals surface area contributed by atoms with Crippen LogP contribution in [0.5, 0.6) is 0 Å². The summed E-state index contributed by atoms with van der Waals surface area (Å²) in [6, 6.07) is 8.95. The highest BCUT2D eigenvalue weighted by atomic mass is 32.2. The molecule has 1 heterocycles. The average molecular weight is 290 g/mol. The molecule has 4 nitrogen and oxygen atoms in total. The molecule has 1 unspecified atom stereocenters. The summed E-state index contributed by atoms with van der Waals surface area (Å²) >= 11 is 1.90. The lowest BCUT2D eigenvalue weighted by molar-refractivity contribution is 0.566.